The van der Waals surface area contributed by atoms with Gasteiger partial charge in [0.15, 0.2) is 0 Å². The number of amides is 1. The molecule has 0 aliphatic rings. The number of hydrazone groups is 1. The van der Waals surface area contributed by atoms with Crippen LogP contribution in [0.3, 0.4) is 0 Å². The Morgan fingerprint density at radius 2 is 1.86 bits per heavy atom. The number of ether oxygens (including phenoxy) is 1. The van der Waals surface area contributed by atoms with E-state index in [9.17, 15) is 4.79 Å². The molecule has 0 aliphatic carbocycles. The van der Waals surface area contributed by atoms with E-state index >= 15 is 0 Å². The van der Waals surface area contributed by atoms with E-state index in [0.29, 0.717) is 10.7 Å². The first kappa shape index (κ1) is 16.0. The summed E-state index contributed by atoms with van der Waals surface area (Å²) in [6, 6.07) is 14.7. The van der Waals surface area contributed by atoms with Crippen molar-refractivity contribution in [3.63, 3.8) is 0 Å². The Labute approximate surface area is 134 Å². The van der Waals surface area contributed by atoms with Crippen LogP contribution in [0, 0.1) is 0 Å². The second-order valence-electron chi connectivity index (χ2n) is 4.74. The molecule has 0 saturated heterocycles. The molecule has 0 fully saturated rings. The molecule has 0 spiro atoms. The van der Waals surface area contributed by atoms with E-state index in [2.05, 4.69) is 10.5 Å². The highest BCUT2D eigenvalue weighted by atomic mass is 35.5. The fourth-order valence-electron chi connectivity index (χ4n) is 1.93. The lowest BCUT2D eigenvalue weighted by molar-refractivity contribution is -0.120. The summed E-state index contributed by atoms with van der Waals surface area (Å²) >= 11 is 6.09. The lowest BCUT2D eigenvalue weighted by atomic mass is 10.1. The van der Waals surface area contributed by atoms with Crippen molar-refractivity contribution < 1.29 is 9.53 Å². The van der Waals surface area contributed by atoms with Crippen LogP contribution >= 0.6 is 11.6 Å². The molecule has 1 amide bonds. The highest BCUT2D eigenvalue weighted by Crippen LogP contribution is 2.15. The number of benzene rings is 2. The van der Waals surface area contributed by atoms with E-state index in [1.807, 2.05) is 42.5 Å². The molecule has 0 unspecified atom stereocenters. The monoisotopic (exact) mass is 316 g/mol. The number of hydrogen-bond acceptors (Lipinski definition) is 3. The first-order valence-electron chi connectivity index (χ1n) is 6.81. The second-order valence-corrected chi connectivity index (χ2v) is 5.14. The van der Waals surface area contributed by atoms with Gasteiger partial charge in [-0.05, 0) is 30.7 Å². The maximum atomic E-state index is 11.9. The highest BCUT2D eigenvalue weighted by Gasteiger charge is 2.05. The summed E-state index contributed by atoms with van der Waals surface area (Å²) < 4.78 is 5.08. The first-order chi connectivity index (χ1) is 10.6. The average Bonchev–Trinajstić information content (AvgIpc) is 2.54. The van der Waals surface area contributed by atoms with Crippen LogP contribution in [0.25, 0.3) is 0 Å². The number of nitrogens with zero attached hydrogens (tertiary/aromatic N) is 1. The maximum Gasteiger partial charge on any atom is 0.244 e. The third kappa shape index (κ3) is 4.33. The Morgan fingerprint density at radius 1 is 1.18 bits per heavy atom. The summed E-state index contributed by atoms with van der Waals surface area (Å²) in [5, 5.41) is 4.70. The predicted molar refractivity (Wildman–Crippen MR) is 88.5 cm³/mol. The van der Waals surface area contributed by atoms with Gasteiger partial charge in [0.1, 0.15) is 5.75 Å². The summed E-state index contributed by atoms with van der Waals surface area (Å²) in [5.41, 5.74) is 4.90. The Bertz CT molecular complexity index is 681. The molecule has 0 radical (unpaired) electrons. The molecular formula is C17H17ClN2O2. The van der Waals surface area contributed by atoms with Crippen LogP contribution in [0.2, 0.25) is 5.02 Å². The van der Waals surface area contributed by atoms with Gasteiger partial charge in [0, 0.05) is 10.6 Å². The number of carbonyl (C=O) groups excluding carboxylic acids is 1. The molecule has 0 saturated carbocycles. The summed E-state index contributed by atoms with van der Waals surface area (Å²) in [6.07, 6.45) is 0.253. The van der Waals surface area contributed by atoms with Gasteiger partial charge in [0.25, 0.3) is 0 Å². The molecular weight excluding hydrogens is 300 g/mol. The van der Waals surface area contributed by atoms with E-state index in [1.54, 1.807) is 20.1 Å². The molecule has 5 heteroatoms. The molecule has 114 valence electrons. The summed E-state index contributed by atoms with van der Waals surface area (Å²) in [4.78, 5) is 11.9. The smallest absolute Gasteiger partial charge is 0.244 e. The summed E-state index contributed by atoms with van der Waals surface area (Å²) in [7, 11) is 1.61. The zero-order chi connectivity index (χ0) is 15.9. The Kier molecular flexibility index (Phi) is 5.55. The maximum absolute atomic E-state index is 11.9. The Morgan fingerprint density at radius 3 is 2.50 bits per heavy atom. The number of methoxy groups -OCH3 is 1. The zero-order valence-corrected chi connectivity index (χ0v) is 13.2. The van der Waals surface area contributed by atoms with Gasteiger partial charge in [0.2, 0.25) is 5.91 Å². The number of nitrogens with one attached hydrogen (secondary N) is 1. The summed E-state index contributed by atoms with van der Waals surface area (Å²) in [6.45, 7) is 1.80. The van der Waals surface area contributed by atoms with Crippen molar-refractivity contribution in [1.82, 2.24) is 5.43 Å². The van der Waals surface area contributed by atoms with Crippen LogP contribution in [0.5, 0.6) is 5.75 Å². The van der Waals surface area contributed by atoms with Crippen molar-refractivity contribution in [3.8, 4) is 5.75 Å². The van der Waals surface area contributed by atoms with Crippen LogP contribution < -0.4 is 10.2 Å². The van der Waals surface area contributed by atoms with E-state index in [-0.39, 0.29) is 12.3 Å². The highest BCUT2D eigenvalue weighted by molar-refractivity contribution is 6.34. The van der Waals surface area contributed by atoms with Crippen LogP contribution in [0.1, 0.15) is 18.1 Å². The molecule has 4 nitrogen and oxygen atoms in total. The third-order valence-electron chi connectivity index (χ3n) is 3.14. The Balaban J connectivity index is 1.97. The largest absolute Gasteiger partial charge is 0.497 e. The SMILES string of the molecule is COc1ccc(CC(=O)N/N=C(/C)c2ccccc2Cl)cc1. The molecule has 0 bridgehead atoms. The molecule has 22 heavy (non-hydrogen) atoms. The van der Waals surface area contributed by atoms with Gasteiger partial charge in [-0.15, -0.1) is 0 Å². The van der Waals surface area contributed by atoms with Crippen molar-refractivity contribution in [2.45, 2.75) is 13.3 Å². The Hall–Kier alpha value is -2.33. The quantitative estimate of drug-likeness (QED) is 0.678. The second kappa shape index (κ2) is 7.61. The fraction of sp³-hybridized carbons (Fsp3) is 0.176. The lowest BCUT2D eigenvalue weighted by Crippen LogP contribution is -2.21. The topological polar surface area (TPSA) is 50.7 Å². The van der Waals surface area contributed by atoms with Gasteiger partial charge < -0.3 is 4.74 Å². The number of carbonyl (C=O) groups is 1. The van der Waals surface area contributed by atoms with E-state index in [0.717, 1.165) is 16.9 Å². The van der Waals surface area contributed by atoms with Crippen molar-refractivity contribution >= 4 is 23.2 Å². The predicted octanol–water partition coefficient (Wildman–Crippen LogP) is 3.43. The van der Waals surface area contributed by atoms with Crippen molar-refractivity contribution in [1.29, 1.82) is 0 Å². The molecule has 2 rings (SSSR count). The minimum atomic E-state index is -0.184. The van der Waals surface area contributed by atoms with E-state index in [4.69, 9.17) is 16.3 Å². The minimum absolute atomic E-state index is 0.184. The standard InChI is InChI=1S/C17H17ClN2O2/c1-12(15-5-3-4-6-16(15)18)19-20-17(21)11-13-7-9-14(22-2)10-8-13/h3-10H,11H2,1-2H3,(H,20,21)/b19-12-. The van der Waals surface area contributed by atoms with E-state index in [1.165, 1.54) is 0 Å². The number of hydrogen-bond donors (Lipinski definition) is 1. The zero-order valence-electron chi connectivity index (χ0n) is 12.5. The van der Waals surface area contributed by atoms with Gasteiger partial charge >= 0.3 is 0 Å². The molecule has 2 aromatic rings. The van der Waals surface area contributed by atoms with Crippen LogP contribution in [-0.2, 0) is 11.2 Å². The summed E-state index contributed by atoms with van der Waals surface area (Å²) in [5.74, 6) is 0.577. The van der Waals surface area contributed by atoms with Gasteiger partial charge in [0.05, 0.1) is 19.2 Å². The molecule has 0 atom stereocenters. The van der Waals surface area contributed by atoms with Gasteiger partial charge in [-0.3, -0.25) is 4.79 Å². The van der Waals surface area contributed by atoms with Crippen molar-refractivity contribution in [2.75, 3.05) is 7.11 Å². The van der Waals surface area contributed by atoms with Crippen LogP contribution in [-0.4, -0.2) is 18.7 Å². The van der Waals surface area contributed by atoms with Crippen LogP contribution in [0.4, 0.5) is 0 Å². The third-order valence-corrected chi connectivity index (χ3v) is 3.47. The van der Waals surface area contributed by atoms with Gasteiger partial charge in [-0.2, -0.15) is 5.10 Å². The number of rotatable bonds is 5. The lowest BCUT2D eigenvalue weighted by Gasteiger charge is -2.05. The fourth-order valence-corrected chi connectivity index (χ4v) is 2.20. The molecule has 0 heterocycles. The number of halogens is 1. The molecule has 0 aromatic heterocycles. The molecule has 2 aromatic carbocycles. The van der Waals surface area contributed by atoms with E-state index < -0.39 is 0 Å². The average molecular weight is 317 g/mol. The molecule has 1 N–H and O–H groups in total. The van der Waals surface area contributed by atoms with Crippen molar-refractivity contribution in [3.05, 3.63) is 64.7 Å². The molecule has 0 aliphatic heterocycles. The minimum Gasteiger partial charge on any atom is -0.497 e. The first-order valence-corrected chi connectivity index (χ1v) is 7.19. The normalized spacial score (nSPS) is 11.1. The van der Waals surface area contributed by atoms with Gasteiger partial charge in [-0.1, -0.05) is 41.9 Å². The van der Waals surface area contributed by atoms with Gasteiger partial charge in [-0.25, -0.2) is 5.43 Å². The van der Waals surface area contributed by atoms with Crippen molar-refractivity contribution in [2.24, 2.45) is 5.10 Å². The van der Waals surface area contributed by atoms with Crippen LogP contribution in [0.15, 0.2) is 53.6 Å².